The van der Waals surface area contributed by atoms with E-state index < -0.39 is 0 Å². The molecule has 0 bridgehead atoms. The number of ether oxygens (including phenoxy) is 1. The first-order valence-electron chi connectivity index (χ1n) is 6.30. The Hall–Kier alpha value is -2.33. The Balaban J connectivity index is 1.83. The number of para-hydroxylation sites is 1. The van der Waals surface area contributed by atoms with Crippen LogP contribution in [0.15, 0.2) is 60.0 Å². The number of nitrogens with two attached hydrogens (primary N) is 1. The van der Waals surface area contributed by atoms with Gasteiger partial charge in [0.2, 0.25) is 0 Å². The van der Waals surface area contributed by atoms with Gasteiger partial charge in [0.05, 0.1) is 5.69 Å². The van der Waals surface area contributed by atoms with Gasteiger partial charge in [0.1, 0.15) is 12.4 Å². The highest BCUT2D eigenvalue weighted by molar-refractivity contribution is 7.13. The molecule has 1 aromatic heterocycles. The summed E-state index contributed by atoms with van der Waals surface area (Å²) in [6.45, 7) is 0.539. The third kappa shape index (κ3) is 2.81. The molecule has 0 radical (unpaired) electrons. The second kappa shape index (κ2) is 5.75. The summed E-state index contributed by atoms with van der Waals surface area (Å²) < 4.78 is 5.91. The minimum absolute atomic E-state index is 0.539. The smallest absolute Gasteiger partial charge is 0.180 e. The van der Waals surface area contributed by atoms with Gasteiger partial charge in [-0.15, -0.1) is 11.3 Å². The first kappa shape index (κ1) is 12.7. The van der Waals surface area contributed by atoms with Crippen LogP contribution in [0.2, 0.25) is 0 Å². The fourth-order valence-corrected chi connectivity index (χ4v) is 2.51. The molecule has 0 aliphatic rings. The molecule has 20 heavy (non-hydrogen) atoms. The van der Waals surface area contributed by atoms with Crippen molar-refractivity contribution >= 4 is 16.5 Å². The van der Waals surface area contributed by atoms with Crippen LogP contribution >= 0.6 is 11.3 Å². The van der Waals surface area contributed by atoms with Crippen molar-refractivity contribution < 1.29 is 4.74 Å². The first-order valence-corrected chi connectivity index (χ1v) is 7.18. The van der Waals surface area contributed by atoms with Gasteiger partial charge < -0.3 is 10.5 Å². The predicted octanol–water partition coefficient (Wildman–Crippen LogP) is 3.97. The van der Waals surface area contributed by atoms with Crippen LogP contribution in [0.5, 0.6) is 5.75 Å². The van der Waals surface area contributed by atoms with Crippen molar-refractivity contribution in [3.8, 4) is 17.0 Å². The van der Waals surface area contributed by atoms with E-state index in [1.807, 2.05) is 60.0 Å². The lowest BCUT2D eigenvalue weighted by atomic mass is 10.1. The monoisotopic (exact) mass is 282 g/mol. The van der Waals surface area contributed by atoms with Crippen molar-refractivity contribution in [2.24, 2.45) is 0 Å². The number of thiazole rings is 1. The van der Waals surface area contributed by atoms with E-state index in [1.165, 1.54) is 11.3 Å². The van der Waals surface area contributed by atoms with Crippen molar-refractivity contribution in [1.29, 1.82) is 0 Å². The SMILES string of the molecule is Nc1nc(-c2ccccc2OCc2ccccc2)cs1. The highest BCUT2D eigenvalue weighted by Gasteiger charge is 2.09. The zero-order valence-corrected chi connectivity index (χ0v) is 11.6. The predicted molar refractivity (Wildman–Crippen MR) is 82.7 cm³/mol. The molecular formula is C16H14N2OS. The van der Waals surface area contributed by atoms with E-state index in [0.717, 1.165) is 22.6 Å². The molecule has 0 unspecified atom stereocenters. The Bertz CT molecular complexity index is 694. The van der Waals surface area contributed by atoms with Crippen LogP contribution in [0.1, 0.15) is 5.56 Å². The summed E-state index contributed by atoms with van der Waals surface area (Å²) in [5.41, 5.74) is 8.66. The Kier molecular flexibility index (Phi) is 3.65. The molecule has 0 saturated heterocycles. The second-order valence-corrected chi connectivity index (χ2v) is 5.23. The lowest BCUT2D eigenvalue weighted by Gasteiger charge is -2.10. The lowest BCUT2D eigenvalue weighted by Crippen LogP contribution is -1.96. The van der Waals surface area contributed by atoms with E-state index in [0.29, 0.717) is 11.7 Å². The average Bonchev–Trinajstić information content (AvgIpc) is 2.93. The summed E-state index contributed by atoms with van der Waals surface area (Å²) in [5.74, 6) is 0.821. The zero-order chi connectivity index (χ0) is 13.8. The summed E-state index contributed by atoms with van der Waals surface area (Å²) in [4.78, 5) is 4.31. The van der Waals surface area contributed by atoms with Gasteiger partial charge in [-0.05, 0) is 17.7 Å². The van der Waals surface area contributed by atoms with Crippen LogP contribution in [0.4, 0.5) is 5.13 Å². The minimum atomic E-state index is 0.539. The van der Waals surface area contributed by atoms with Crippen LogP contribution in [-0.2, 0) is 6.61 Å². The number of anilines is 1. The Morgan fingerprint density at radius 3 is 2.50 bits per heavy atom. The Morgan fingerprint density at radius 2 is 1.75 bits per heavy atom. The summed E-state index contributed by atoms with van der Waals surface area (Å²) >= 11 is 1.43. The van der Waals surface area contributed by atoms with Gasteiger partial charge in [0.25, 0.3) is 0 Å². The van der Waals surface area contributed by atoms with Gasteiger partial charge in [-0.25, -0.2) is 4.98 Å². The molecule has 0 aliphatic carbocycles. The molecule has 0 spiro atoms. The molecule has 0 amide bonds. The van der Waals surface area contributed by atoms with Crippen molar-refractivity contribution in [2.75, 3.05) is 5.73 Å². The number of hydrogen-bond acceptors (Lipinski definition) is 4. The minimum Gasteiger partial charge on any atom is -0.488 e. The highest BCUT2D eigenvalue weighted by Crippen LogP contribution is 2.31. The topological polar surface area (TPSA) is 48.1 Å². The van der Waals surface area contributed by atoms with Crippen LogP contribution in [0.3, 0.4) is 0 Å². The Labute approximate surface area is 121 Å². The molecule has 3 aromatic rings. The normalized spacial score (nSPS) is 10.4. The van der Waals surface area contributed by atoms with Crippen LogP contribution in [-0.4, -0.2) is 4.98 Å². The van der Waals surface area contributed by atoms with E-state index >= 15 is 0 Å². The largest absolute Gasteiger partial charge is 0.488 e. The van der Waals surface area contributed by atoms with Crippen LogP contribution in [0.25, 0.3) is 11.3 Å². The number of nitrogens with zero attached hydrogens (tertiary/aromatic N) is 1. The van der Waals surface area contributed by atoms with Crippen molar-refractivity contribution in [3.63, 3.8) is 0 Å². The molecular weight excluding hydrogens is 268 g/mol. The zero-order valence-electron chi connectivity index (χ0n) is 10.8. The summed E-state index contributed by atoms with van der Waals surface area (Å²) in [7, 11) is 0. The standard InChI is InChI=1S/C16H14N2OS/c17-16-18-14(11-20-16)13-8-4-5-9-15(13)19-10-12-6-2-1-3-7-12/h1-9,11H,10H2,(H2,17,18). The first-order chi connectivity index (χ1) is 9.83. The van der Waals surface area contributed by atoms with Crippen LogP contribution < -0.4 is 10.5 Å². The molecule has 3 nitrogen and oxygen atoms in total. The summed E-state index contributed by atoms with van der Waals surface area (Å²) in [6, 6.07) is 18.0. The lowest BCUT2D eigenvalue weighted by molar-refractivity contribution is 0.307. The van der Waals surface area contributed by atoms with Crippen molar-refractivity contribution in [1.82, 2.24) is 4.98 Å². The molecule has 3 rings (SSSR count). The van der Waals surface area contributed by atoms with Crippen LogP contribution in [0, 0.1) is 0 Å². The number of aromatic nitrogens is 1. The van der Waals surface area contributed by atoms with E-state index in [2.05, 4.69) is 4.98 Å². The molecule has 1 heterocycles. The van der Waals surface area contributed by atoms with Crippen molar-refractivity contribution in [2.45, 2.75) is 6.61 Å². The third-order valence-electron chi connectivity index (χ3n) is 2.92. The van der Waals surface area contributed by atoms with E-state index in [1.54, 1.807) is 0 Å². The van der Waals surface area contributed by atoms with Gasteiger partial charge in [-0.1, -0.05) is 42.5 Å². The highest BCUT2D eigenvalue weighted by atomic mass is 32.1. The fraction of sp³-hybridized carbons (Fsp3) is 0.0625. The average molecular weight is 282 g/mol. The fourth-order valence-electron chi connectivity index (χ4n) is 1.95. The van der Waals surface area contributed by atoms with Gasteiger partial charge in [0, 0.05) is 10.9 Å². The summed E-state index contributed by atoms with van der Waals surface area (Å²) in [6.07, 6.45) is 0. The van der Waals surface area contributed by atoms with Gasteiger partial charge in [0.15, 0.2) is 5.13 Å². The summed E-state index contributed by atoms with van der Waals surface area (Å²) in [5, 5.41) is 2.51. The maximum atomic E-state index is 5.91. The molecule has 0 fully saturated rings. The van der Waals surface area contributed by atoms with Gasteiger partial charge in [-0.3, -0.25) is 0 Å². The second-order valence-electron chi connectivity index (χ2n) is 4.34. The molecule has 0 atom stereocenters. The number of benzene rings is 2. The van der Waals surface area contributed by atoms with Gasteiger partial charge in [-0.2, -0.15) is 0 Å². The number of rotatable bonds is 4. The van der Waals surface area contributed by atoms with E-state index in [4.69, 9.17) is 10.5 Å². The maximum Gasteiger partial charge on any atom is 0.180 e. The molecule has 2 aromatic carbocycles. The van der Waals surface area contributed by atoms with E-state index in [-0.39, 0.29) is 0 Å². The Morgan fingerprint density at radius 1 is 1.00 bits per heavy atom. The molecule has 0 saturated carbocycles. The van der Waals surface area contributed by atoms with Crippen molar-refractivity contribution in [3.05, 3.63) is 65.5 Å². The number of nitrogen functional groups attached to an aromatic ring is 1. The van der Waals surface area contributed by atoms with Gasteiger partial charge >= 0.3 is 0 Å². The molecule has 4 heteroatoms. The maximum absolute atomic E-state index is 5.91. The number of hydrogen-bond donors (Lipinski definition) is 1. The molecule has 2 N–H and O–H groups in total. The third-order valence-corrected chi connectivity index (χ3v) is 3.60. The quantitative estimate of drug-likeness (QED) is 0.787. The molecule has 0 aliphatic heterocycles. The molecule has 100 valence electrons. The van der Waals surface area contributed by atoms with E-state index in [9.17, 15) is 0 Å².